The summed E-state index contributed by atoms with van der Waals surface area (Å²) in [5, 5.41) is 9.47. The van der Waals surface area contributed by atoms with Crippen molar-refractivity contribution in [1.29, 1.82) is 0 Å². The van der Waals surface area contributed by atoms with E-state index in [4.69, 9.17) is 9.47 Å². The molecule has 0 atom stereocenters. The van der Waals surface area contributed by atoms with Crippen LogP contribution in [-0.2, 0) is 10.9 Å². The zero-order chi connectivity index (χ0) is 31.4. The van der Waals surface area contributed by atoms with Crippen molar-refractivity contribution in [2.24, 2.45) is 5.10 Å². The van der Waals surface area contributed by atoms with E-state index in [0.717, 1.165) is 45.3 Å². The summed E-state index contributed by atoms with van der Waals surface area (Å²) in [4.78, 5) is 15.2. The number of hydrogen-bond acceptors (Lipinski definition) is 9. The van der Waals surface area contributed by atoms with Crippen LogP contribution in [0.1, 0.15) is 16.7 Å². The summed E-state index contributed by atoms with van der Waals surface area (Å²) in [5.74, 6) is 1.34. The molecule has 1 saturated heterocycles. The Kier molecular flexibility index (Phi) is 8.47. The van der Waals surface area contributed by atoms with Crippen LogP contribution in [0.2, 0.25) is 0 Å². The lowest BCUT2D eigenvalue weighted by Gasteiger charge is -2.27. The van der Waals surface area contributed by atoms with Crippen molar-refractivity contribution in [3.05, 3.63) is 95.6 Å². The second-order valence-corrected chi connectivity index (χ2v) is 10.4. The molecule has 4 aromatic carbocycles. The highest BCUT2D eigenvalue weighted by molar-refractivity contribution is 6.00. The first-order valence-corrected chi connectivity index (χ1v) is 14.3. The molecule has 1 fully saturated rings. The SMILES string of the molecule is COc1ccc2c(C)ccc(-c3cccc(/C=N/Nc4nc(Nc5cccc(C(F)(F)F)c5)nc(N5CCOCC5)n4)c3)c2c1. The van der Waals surface area contributed by atoms with Gasteiger partial charge in [-0.05, 0) is 76.3 Å². The number of aromatic nitrogens is 3. The standard InChI is InChI=1S/C33H30F3N7O2/c1-21-9-11-28(29-19-26(44-2)10-12-27(21)29)23-6-3-5-22(17-23)20-37-42-31-39-30(40-32(41-31)43-13-15-45-16-14-43)38-25-8-4-7-24(18-25)33(34,35)36/h3-12,17-20H,13-16H2,1-2H3,(H2,38,39,40,41,42)/b37-20+. The molecule has 0 saturated carbocycles. The predicted molar refractivity (Wildman–Crippen MR) is 169 cm³/mol. The Hall–Kier alpha value is -5.23. The minimum atomic E-state index is -4.48. The fourth-order valence-corrected chi connectivity index (χ4v) is 5.09. The number of ether oxygens (including phenoxy) is 2. The molecule has 9 nitrogen and oxygen atoms in total. The first-order chi connectivity index (χ1) is 21.8. The number of aryl methyl sites for hydroxylation is 1. The van der Waals surface area contributed by atoms with Crippen molar-refractivity contribution < 1.29 is 22.6 Å². The van der Waals surface area contributed by atoms with Gasteiger partial charge < -0.3 is 19.7 Å². The van der Waals surface area contributed by atoms with Crippen molar-refractivity contribution in [2.75, 3.05) is 49.1 Å². The average molecular weight is 614 g/mol. The molecule has 2 heterocycles. The van der Waals surface area contributed by atoms with Crippen LogP contribution in [0.3, 0.4) is 0 Å². The quantitative estimate of drug-likeness (QED) is 0.142. The van der Waals surface area contributed by atoms with Crippen molar-refractivity contribution in [3.63, 3.8) is 0 Å². The topological polar surface area (TPSA) is 96.8 Å². The van der Waals surface area contributed by atoms with Gasteiger partial charge in [0.25, 0.3) is 0 Å². The maximum atomic E-state index is 13.3. The molecule has 0 amide bonds. The van der Waals surface area contributed by atoms with Gasteiger partial charge in [0, 0.05) is 18.8 Å². The molecule has 1 aliphatic rings. The molecule has 5 aromatic rings. The monoisotopic (exact) mass is 613 g/mol. The lowest BCUT2D eigenvalue weighted by atomic mass is 9.94. The number of hydrogen-bond donors (Lipinski definition) is 2. The number of alkyl halides is 3. The summed E-state index contributed by atoms with van der Waals surface area (Å²) in [6, 6.07) is 23.1. The Balaban J connectivity index is 1.26. The largest absolute Gasteiger partial charge is 0.497 e. The first-order valence-electron chi connectivity index (χ1n) is 14.3. The summed E-state index contributed by atoms with van der Waals surface area (Å²) in [5.41, 5.74) is 6.36. The highest BCUT2D eigenvalue weighted by Crippen LogP contribution is 2.34. The third-order valence-corrected chi connectivity index (χ3v) is 7.38. The summed E-state index contributed by atoms with van der Waals surface area (Å²) in [6.45, 7) is 4.20. The predicted octanol–water partition coefficient (Wildman–Crippen LogP) is 7.05. The van der Waals surface area contributed by atoms with Crippen LogP contribution in [0.5, 0.6) is 5.75 Å². The molecule has 0 aliphatic carbocycles. The molecule has 2 N–H and O–H groups in total. The number of morpholine rings is 1. The van der Waals surface area contributed by atoms with E-state index in [1.807, 2.05) is 41.3 Å². The molecule has 45 heavy (non-hydrogen) atoms. The Morgan fingerprint density at radius 2 is 1.69 bits per heavy atom. The van der Waals surface area contributed by atoms with E-state index in [9.17, 15) is 13.2 Å². The second-order valence-electron chi connectivity index (χ2n) is 10.4. The van der Waals surface area contributed by atoms with Gasteiger partial charge in [0.05, 0.1) is 32.1 Å². The maximum Gasteiger partial charge on any atom is 0.416 e. The van der Waals surface area contributed by atoms with Gasteiger partial charge in [-0.15, -0.1) is 0 Å². The molecule has 12 heteroatoms. The lowest BCUT2D eigenvalue weighted by molar-refractivity contribution is -0.137. The molecule has 1 aliphatic heterocycles. The van der Waals surface area contributed by atoms with Crippen molar-refractivity contribution in [2.45, 2.75) is 13.1 Å². The summed E-state index contributed by atoms with van der Waals surface area (Å²) in [6.07, 6.45) is -2.83. The number of methoxy groups -OCH3 is 1. The van der Waals surface area contributed by atoms with Gasteiger partial charge >= 0.3 is 6.18 Å². The van der Waals surface area contributed by atoms with E-state index in [2.05, 4.69) is 55.9 Å². The van der Waals surface area contributed by atoms with Gasteiger partial charge in [-0.3, -0.25) is 0 Å². The Morgan fingerprint density at radius 3 is 2.49 bits per heavy atom. The third-order valence-electron chi connectivity index (χ3n) is 7.38. The van der Waals surface area contributed by atoms with E-state index >= 15 is 0 Å². The minimum Gasteiger partial charge on any atom is -0.497 e. The normalized spacial score (nSPS) is 13.8. The Labute approximate surface area is 257 Å². The van der Waals surface area contributed by atoms with Gasteiger partial charge in [-0.25, -0.2) is 5.43 Å². The van der Waals surface area contributed by atoms with E-state index in [-0.39, 0.29) is 17.6 Å². The van der Waals surface area contributed by atoms with Crippen LogP contribution in [0.15, 0.2) is 84.0 Å². The molecule has 1 aromatic heterocycles. The van der Waals surface area contributed by atoms with Gasteiger partial charge in [0.1, 0.15) is 5.75 Å². The number of benzene rings is 4. The Morgan fingerprint density at radius 1 is 0.889 bits per heavy atom. The number of nitrogens with one attached hydrogen (secondary N) is 2. The van der Waals surface area contributed by atoms with Crippen LogP contribution in [0.25, 0.3) is 21.9 Å². The van der Waals surface area contributed by atoms with Crippen LogP contribution < -0.4 is 20.4 Å². The van der Waals surface area contributed by atoms with Crippen LogP contribution >= 0.6 is 0 Å². The van der Waals surface area contributed by atoms with Gasteiger partial charge in [-0.2, -0.15) is 33.2 Å². The molecule has 0 bridgehead atoms. The van der Waals surface area contributed by atoms with Crippen LogP contribution in [0.4, 0.5) is 36.7 Å². The fourth-order valence-electron chi connectivity index (χ4n) is 5.09. The number of hydrazone groups is 1. The first kappa shape index (κ1) is 29.8. The highest BCUT2D eigenvalue weighted by Gasteiger charge is 2.30. The summed E-state index contributed by atoms with van der Waals surface area (Å²) in [7, 11) is 1.65. The minimum absolute atomic E-state index is 0.0761. The van der Waals surface area contributed by atoms with Gasteiger partial charge in [0.2, 0.25) is 17.8 Å². The van der Waals surface area contributed by atoms with Crippen molar-refractivity contribution in [1.82, 2.24) is 15.0 Å². The molecular formula is C33H30F3N7O2. The van der Waals surface area contributed by atoms with E-state index in [1.165, 1.54) is 17.7 Å². The third kappa shape index (κ3) is 6.96. The van der Waals surface area contributed by atoms with E-state index in [0.29, 0.717) is 32.3 Å². The summed E-state index contributed by atoms with van der Waals surface area (Å²) >= 11 is 0. The number of halogens is 3. The van der Waals surface area contributed by atoms with Crippen molar-refractivity contribution in [3.8, 4) is 16.9 Å². The molecule has 6 rings (SSSR count). The number of fused-ring (bicyclic) bond motifs is 1. The molecular weight excluding hydrogens is 583 g/mol. The number of rotatable bonds is 8. The van der Waals surface area contributed by atoms with E-state index in [1.54, 1.807) is 13.3 Å². The van der Waals surface area contributed by atoms with E-state index < -0.39 is 11.7 Å². The molecule has 0 unspecified atom stereocenters. The second kappa shape index (κ2) is 12.8. The highest BCUT2D eigenvalue weighted by atomic mass is 19.4. The number of anilines is 4. The zero-order valence-electron chi connectivity index (χ0n) is 24.6. The summed E-state index contributed by atoms with van der Waals surface area (Å²) < 4.78 is 50.7. The lowest BCUT2D eigenvalue weighted by Crippen LogP contribution is -2.37. The van der Waals surface area contributed by atoms with Gasteiger partial charge in [-0.1, -0.05) is 42.5 Å². The smallest absolute Gasteiger partial charge is 0.416 e. The maximum absolute atomic E-state index is 13.3. The molecule has 230 valence electrons. The van der Waals surface area contributed by atoms with Crippen molar-refractivity contribution >= 4 is 40.5 Å². The number of nitrogens with zero attached hydrogens (tertiary/aromatic N) is 5. The molecule has 0 radical (unpaired) electrons. The van der Waals surface area contributed by atoms with Crippen LogP contribution in [-0.4, -0.2) is 54.6 Å². The Bertz CT molecular complexity index is 1860. The molecule has 0 spiro atoms. The average Bonchev–Trinajstić information content (AvgIpc) is 3.05. The van der Waals surface area contributed by atoms with Crippen LogP contribution in [0, 0.1) is 6.92 Å². The fraction of sp³-hybridized carbons (Fsp3) is 0.212. The zero-order valence-corrected chi connectivity index (χ0v) is 24.6. The van der Waals surface area contributed by atoms with Gasteiger partial charge in [0.15, 0.2) is 0 Å².